The minimum Gasteiger partial charge on any atom is -0.494 e. The van der Waals surface area contributed by atoms with Crippen molar-refractivity contribution in [2.24, 2.45) is 0 Å². The summed E-state index contributed by atoms with van der Waals surface area (Å²) in [5, 5.41) is 3.54. The number of amides is 2. The van der Waals surface area contributed by atoms with Gasteiger partial charge >= 0.3 is 0 Å². The first-order chi connectivity index (χ1) is 21.7. The fourth-order valence-corrected chi connectivity index (χ4v) is 6.68. The standard InChI is InChI=1S/C33H41Cl2N3O7S/c1-8-28(32(40)36-33(3,4)5)37(20-25-26(34)11-10-12-27(25)35)31(39)21-38(22-13-15-23(16-14-22)45-9-2)46(41,42)24-17-18-29(43-6)30(19-24)44-7/h10-19,28H,8-9,20-21H2,1-7H3,(H,36,40)/t28-/m0/s1. The van der Waals surface area contributed by atoms with Crippen molar-refractivity contribution in [3.05, 3.63) is 76.3 Å². The quantitative estimate of drug-likeness (QED) is 0.210. The van der Waals surface area contributed by atoms with Crippen LogP contribution in [-0.2, 0) is 26.2 Å². The number of halogens is 2. The van der Waals surface area contributed by atoms with E-state index in [-0.39, 0.29) is 29.3 Å². The third-order valence-corrected chi connectivity index (χ3v) is 9.41. The largest absolute Gasteiger partial charge is 0.494 e. The third kappa shape index (κ3) is 8.98. The van der Waals surface area contributed by atoms with Gasteiger partial charge in [-0.25, -0.2) is 8.42 Å². The molecule has 0 saturated heterocycles. The molecule has 0 aliphatic rings. The first kappa shape index (κ1) is 36.8. The summed E-state index contributed by atoms with van der Waals surface area (Å²) < 4.78 is 45.8. The van der Waals surface area contributed by atoms with Crippen molar-refractivity contribution >= 4 is 50.7 Å². The van der Waals surface area contributed by atoms with E-state index < -0.39 is 40.0 Å². The highest BCUT2D eigenvalue weighted by Gasteiger charge is 2.35. The van der Waals surface area contributed by atoms with Gasteiger partial charge in [0.15, 0.2) is 11.5 Å². The Morgan fingerprint density at radius 1 is 0.913 bits per heavy atom. The molecule has 3 aromatic carbocycles. The number of nitrogens with zero attached hydrogens (tertiary/aromatic N) is 2. The Bertz CT molecular complexity index is 1610. The Kier molecular flexibility index (Phi) is 12.6. The zero-order chi connectivity index (χ0) is 34.2. The lowest BCUT2D eigenvalue weighted by atomic mass is 10.1. The number of benzene rings is 3. The second-order valence-corrected chi connectivity index (χ2v) is 14.0. The number of carbonyl (C=O) groups is 2. The lowest BCUT2D eigenvalue weighted by Crippen LogP contribution is -2.55. The maximum Gasteiger partial charge on any atom is 0.264 e. The first-order valence-electron chi connectivity index (χ1n) is 14.7. The predicted octanol–water partition coefficient (Wildman–Crippen LogP) is 6.33. The molecule has 0 spiro atoms. The molecular weight excluding hydrogens is 653 g/mol. The zero-order valence-corrected chi connectivity index (χ0v) is 29.4. The Hall–Kier alpha value is -3.67. The van der Waals surface area contributed by atoms with Gasteiger partial charge in [0.2, 0.25) is 11.8 Å². The SMILES string of the molecule is CCOc1ccc(N(CC(=O)N(Cc2c(Cl)cccc2Cl)[C@@H](CC)C(=O)NC(C)(C)C)S(=O)(=O)c2ccc(OC)c(OC)c2)cc1. The molecular formula is C33H41Cl2N3O7S. The van der Waals surface area contributed by atoms with Gasteiger partial charge in [0.25, 0.3) is 10.0 Å². The van der Waals surface area contributed by atoms with Crippen molar-refractivity contribution in [3.8, 4) is 17.2 Å². The molecule has 0 heterocycles. The van der Waals surface area contributed by atoms with Crippen LogP contribution in [0.2, 0.25) is 10.0 Å². The van der Waals surface area contributed by atoms with Crippen molar-refractivity contribution in [2.75, 3.05) is 31.7 Å². The molecule has 0 aliphatic heterocycles. The minimum absolute atomic E-state index is 0.134. The van der Waals surface area contributed by atoms with Crippen molar-refractivity contribution in [1.29, 1.82) is 0 Å². The van der Waals surface area contributed by atoms with Crippen LogP contribution in [0.4, 0.5) is 5.69 Å². The maximum absolute atomic E-state index is 14.4. The molecule has 0 unspecified atom stereocenters. The van der Waals surface area contributed by atoms with Crippen LogP contribution in [0.3, 0.4) is 0 Å². The summed E-state index contributed by atoms with van der Waals surface area (Å²) in [5.74, 6) is 0.0117. The number of anilines is 1. The van der Waals surface area contributed by atoms with Crippen LogP contribution in [0.5, 0.6) is 17.2 Å². The summed E-state index contributed by atoms with van der Waals surface area (Å²) in [6, 6.07) is 14.5. The van der Waals surface area contributed by atoms with E-state index >= 15 is 0 Å². The van der Waals surface area contributed by atoms with Gasteiger partial charge in [-0.05, 0) is 82.6 Å². The molecule has 0 aliphatic carbocycles. The van der Waals surface area contributed by atoms with Gasteiger partial charge in [-0.1, -0.05) is 36.2 Å². The van der Waals surface area contributed by atoms with Gasteiger partial charge in [-0.2, -0.15) is 0 Å². The molecule has 3 aromatic rings. The second-order valence-electron chi connectivity index (χ2n) is 11.3. The van der Waals surface area contributed by atoms with Gasteiger partial charge in [0, 0.05) is 33.8 Å². The van der Waals surface area contributed by atoms with E-state index in [0.29, 0.717) is 33.7 Å². The maximum atomic E-state index is 14.4. The molecule has 10 nitrogen and oxygen atoms in total. The zero-order valence-electron chi connectivity index (χ0n) is 27.1. The highest BCUT2D eigenvalue weighted by atomic mass is 35.5. The minimum atomic E-state index is -4.38. The molecule has 0 fully saturated rings. The summed E-state index contributed by atoms with van der Waals surface area (Å²) in [5.41, 5.74) is 0.0397. The number of sulfonamides is 1. The second kappa shape index (κ2) is 15.8. The normalized spacial score (nSPS) is 12.2. The van der Waals surface area contributed by atoms with Gasteiger partial charge in [-0.15, -0.1) is 0 Å². The van der Waals surface area contributed by atoms with Crippen LogP contribution < -0.4 is 23.8 Å². The van der Waals surface area contributed by atoms with Crippen LogP contribution in [0.15, 0.2) is 65.6 Å². The first-order valence-corrected chi connectivity index (χ1v) is 16.9. The van der Waals surface area contributed by atoms with Gasteiger partial charge in [0.1, 0.15) is 18.3 Å². The number of hydrogen-bond donors (Lipinski definition) is 1. The van der Waals surface area contributed by atoms with Gasteiger partial charge < -0.3 is 24.4 Å². The molecule has 13 heteroatoms. The topological polar surface area (TPSA) is 114 Å². The summed E-state index contributed by atoms with van der Waals surface area (Å²) in [6.45, 7) is 8.73. The smallest absolute Gasteiger partial charge is 0.264 e. The van der Waals surface area contributed by atoms with E-state index in [9.17, 15) is 18.0 Å². The number of rotatable bonds is 14. The van der Waals surface area contributed by atoms with E-state index in [2.05, 4.69) is 5.32 Å². The highest BCUT2D eigenvalue weighted by molar-refractivity contribution is 7.92. The number of carbonyl (C=O) groups excluding carboxylic acids is 2. The number of ether oxygens (including phenoxy) is 3. The van der Waals surface area contributed by atoms with Crippen LogP contribution in [0.25, 0.3) is 0 Å². The van der Waals surface area contributed by atoms with Crippen LogP contribution in [0.1, 0.15) is 46.6 Å². The molecule has 0 aromatic heterocycles. The number of methoxy groups -OCH3 is 2. The average Bonchev–Trinajstić information content (AvgIpc) is 3.00. The molecule has 3 rings (SSSR count). The molecule has 1 N–H and O–H groups in total. The highest BCUT2D eigenvalue weighted by Crippen LogP contribution is 2.33. The molecule has 0 saturated carbocycles. The lowest BCUT2D eigenvalue weighted by Gasteiger charge is -2.35. The number of hydrogen-bond acceptors (Lipinski definition) is 7. The van der Waals surface area contributed by atoms with Crippen molar-refractivity contribution in [2.45, 2.75) is 64.1 Å². The summed E-state index contributed by atoms with van der Waals surface area (Å²) >= 11 is 13.0. The van der Waals surface area contributed by atoms with E-state index in [1.54, 1.807) is 49.4 Å². The van der Waals surface area contributed by atoms with Crippen LogP contribution >= 0.6 is 23.2 Å². The Labute approximate surface area is 281 Å². The predicted molar refractivity (Wildman–Crippen MR) is 181 cm³/mol. The van der Waals surface area contributed by atoms with Crippen molar-refractivity contribution < 1.29 is 32.2 Å². The lowest BCUT2D eigenvalue weighted by molar-refractivity contribution is -0.141. The van der Waals surface area contributed by atoms with E-state index in [1.165, 1.54) is 37.3 Å². The molecule has 2 amide bonds. The summed E-state index contributed by atoms with van der Waals surface area (Å²) in [4.78, 5) is 29.1. The fourth-order valence-electron chi connectivity index (χ4n) is 4.73. The van der Waals surface area contributed by atoms with Crippen LogP contribution in [0, 0.1) is 0 Å². The summed E-state index contributed by atoms with van der Waals surface area (Å²) in [6.07, 6.45) is 0.237. The molecule has 0 bridgehead atoms. The number of nitrogens with one attached hydrogen (secondary N) is 1. The monoisotopic (exact) mass is 693 g/mol. The molecule has 46 heavy (non-hydrogen) atoms. The van der Waals surface area contributed by atoms with Gasteiger partial charge in [0.05, 0.1) is 31.4 Å². The Balaban J connectivity index is 2.16. The fraction of sp³-hybridized carbons (Fsp3) is 0.394. The van der Waals surface area contributed by atoms with Crippen LogP contribution in [-0.4, -0.2) is 64.1 Å². The third-order valence-electron chi connectivity index (χ3n) is 6.93. The van der Waals surface area contributed by atoms with E-state index in [0.717, 1.165) is 4.31 Å². The Morgan fingerprint density at radius 2 is 1.52 bits per heavy atom. The van der Waals surface area contributed by atoms with Crippen molar-refractivity contribution in [3.63, 3.8) is 0 Å². The molecule has 250 valence electrons. The Morgan fingerprint density at radius 3 is 2.04 bits per heavy atom. The molecule has 0 radical (unpaired) electrons. The van der Waals surface area contributed by atoms with Gasteiger partial charge in [-0.3, -0.25) is 13.9 Å². The summed E-state index contributed by atoms with van der Waals surface area (Å²) in [7, 11) is -1.54. The van der Waals surface area contributed by atoms with E-state index in [4.69, 9.17) is 37.4 Å². The van der Waals surface area contributed by atoms with E-state index in [1.807, 2.05) is 27.7 Å². The van der Waals surface area contributed by atoms with Crippen molar-refractivity contribution in [1.82, 2.24) is 10.2 Å². The average molecular weight is 695 g/mol. The molecule has 1 atom stereocenters.